The van der Waals surface area contributed by atoms with Crippen LogP contribution >= 0.6 is 0 Å². The molecule has 0 aliphatic heterocycles. The summed E-state index contributed by atoms with van der Waals surface area (Å²) < 4.78 is 0. The normalized spacial score (nSPS) is 9.54. The van der Waals surface area contributed by atoms with Gasteiger partial charge in [-0.1, -0.05) is 0 Å². The monoisotopic (exact) mass is 177 g/mol. The van der Waals surface area contributed by atoms with Crippen molar-refractivity contribution in [2.45, 2.75) is 0 Å². The van der Waals surface area contributed by atoms with Gasteiger partial charge in [-0.2, -0.15) is 0 Å². The molecular weight excluding hydrogens is 173 g/mol. The van der Waals surface area contributed by atoms with E-state index in [-0.39, 0.29) is 16.9 Å². The molecule has 0 unspecified atom stereocenters. The average molecular weight is 177 g/mol. The fraction of sp³-hybridized carbons (Fsp3) is 0. The Labute approximate surface area is 74.4 Å². The minimum atomic E-state index is -1.25. The lowest BCUT2D eigenvalue weighted by molar-refractivity contribution is 0.0677. The summed E-state index contributed by atoms with van der Waals surface area (Å²) in [6.45, 7) is 0. The van der Waals surface area contributed by atoms with Crippen molar-refractivity contribution in [1.82, 2.24) is 4.98 Å². The number of aromatic carboxylic acids is 2. The van der Waals surface area contributed by atoms with Crippen molar-refractivity contribution in [3.8, 4) is 0 Å². The molecule has 2 N–H and O–H groups in total. The number of aromatic nitrogens is 1. The van der Waals surface area contributed by atoms with E-state index in [4.69, 9.17) is 18.1 Å². The highest BCUT2D eigenvalue weighted by atomic mass is 16.4. The summed E-state index contributed by atoms with van der Waals surface area (Å²) in [5.41, 5.74) is -0.778. The molecule has 64 valence electrons. The number of hydrogen-bond acceptors (Lipinski definition) is 3. The van der Waals surface area contributed by atoms with Crippen LogP contribution in [0.2, 0.25) is 0 Å². The Morgan fingerprint density at radius 2 is 1.85 bits per heavy atom. The van der Waals surface area contributed by atoms with Crippen molar-refractivity contribution >= 4 is 25.4 Å². The number of rotatable bonds is 2. The second-order valence-corrected chi connectivity index (χ2v) is 2.24. The minimum Gasteiger partial charge on any atom is -0.478 e. The summed E-state index contributed by atoms with van der Waals surface area (Å²) in [5.74, 6) is -2.48. The van der Waals surface area contributed by atoms with Crippen LogP contribution in [0.5, 0.6) is 0 Å². The summed E-state index contributed by atoms with van der Waals surface area (Å²) in [6, 6.07) is 2.19. The van der Waals surface area contributed by atoms with Crippen LogP contribution in [0.1, 0.15) is 20.8 Å². The van der Waals surface area contributed by atoms with Gasteiger partial charge in [-0.25, -0.2) is 9.59 Å². The van der Waals surface area contributed by atoms with Gasteiger partial charge in [-0.3, -0.25) is 4.98 Å². The Kier molecular flexibility index (Phi) is 2.32. The van der Waals surface area contributed by atoms with Crippen LogP contribution in [-0.4, -0.2) is 35.0 Å². The predicted molar refractivity (Wildman–Crippen MR) is 43.5 cm³/mol. The fourth-order valence-corrected chi connectivity index (χ4v) is 0.775. The average Bonchev–Trinajstić information content (AvgIpc) is 2.03. The quantitative estimate of drug-likeness (QED) is 0.581. The fourth-order valence-electron chi connectivity index (χ4n) is 0.775. The molecule has 0 saturated carbocycles. The molecule has 1 aromatic heterocycles. The topological polar surface area (TPSA) is 87.5 Å². The van der Waals surface area contributed by atoms with E-state index in [1.807, 2.05) is 0 Å². The van der Waals surface area contributed by atoms with E-state index in [2.05, 4.69) is 4.98 Å². The van der Waals surface area contributed by atoms with Crippen LogP contribution in [0, 0.1) is 0 Å². The van der Waals surface area contributed by atoms with Gasteiger partial charge in [-0.05, 0) is 12.1 Å². The van der Waals surface area contributed by atoms with Crippen molar-refractivity contribution in [2.24, 2.45) is 0 Å². The van der Waals surface area contributed by atoms with Gasteiger partial charge < -0.3 is 10.2 Å². The Bertz CT molecular complexity index is 377. The molecule has 0 aromatic carbocycles. The number of hydrogen-bond donors (Lipinski definition) is 2. The second-order valence-electron chi connectivity index (χ2n) is 2.24. The number of carbonyl (C=O) groups is 2. The van der Waals surface area contributed by atoms with Crippen LogP contribution in [-0.2, 0) is 0 Å². The lowest BCUT2D eigenvalue weighted by atomic mass is 9.97. The molecular formula is C7H4BNO4. The lowest BCUT2D eigenvalue weighted by Gasteiger charge is -2.00. The van der Waals surface area contributed by atoms with E-state index >= 15 is 0 Å². The van der Waals surface area contributed by atoms with Gasteiger partial charge in [0, 0.05) is 5.59 Å². The smallest absolute Gasteiger partial charge is 0.354 e. The molecule has 0 aliphatic carbocycles. The maximum absolute atomic E-state index is 10.4. The molecule has 1 aromatic rings. The Balaban J connectivity index is 3.20. The molecule has 2 radical (unpaired) electrons. The van der Waals surface area contributed by atoms with E-state index in [0.29, 0.717) is 0 Å². The highest BCUT2D eigenvalue weighted by molar-refractivity contribution is 6.34. The SMILES string of the molecule is [B]c1nc(C(=O)O)ccc1C(=O)O. The van der Waals surface area contributed by atoms with Crippen molar-refractivity contribution in [2.75, 3.05) is 0 Å². The van der Waals surface area contributed by atoms with Gasteiger partial charge in [0.2, 0.25) is 0 Å². The summed E-state index contributed by atoms with van der Waals surface area (Å²) in [6.07, 6.45) is 0. The van der Waals surface area contributed by atoms with Gasteiger partial charge in [-0.15, -0.1) is 0 Å². The predicted octanol–water partition coefficient (Wildman–Crippen LogP) is -0.728. The number of nitrogens with zero attached hydrogens (tertiary/aromatic N) is 1. The van der Waals surface area contributed by atoms with E-state index < -0.39 is 11.9 Å². The third kappa shape index (κ3) is 1.84. The molecule has 0 amide bonds. The number of pyridine rings is 1. The van der Waals surface area contributed by atoms with Crippen molar-refractivity contribution in [3.63, 3.8) is 0 Å². The number of carboxylic acids is 2. The second kappa shape index (κ2) is 3.26. The first kappa shape index (κ1) is 9.24. The lowest BCUT2D eigenvalue weighted by Crippen LogP contribution is -2.21. The molecule has 0 aliphatic rings. The number of carboxylic acid groups (broad SMARTS) is 2. The molecule has 1 heterocycles. The molecule has 0 atom stereocenters. The van der Waals surface area contributed by atoms with E-state index in [1.54, 1.807) is 0 Å². The molecule has 0 spiro atoms. The highest BCUT2D eigenvalue weighted by Gasteiger charge is 2.10. The molecule has 5 nitrogen and oxygen atoms in total. The molecule has 0 bridgehead atoms. The first-order chi connectivity index (χ1) is 6.02. The van der Waals surface area contributed by atoms with Crippen LogP contribution in [0.15, 0.2) is 12.1 Å². The van der Waals surface area contributed by atoms with E-state index in [1.165, 1.54) is 0 Å². The Hall–Kier alpha value is -1.85. The van der Waals surface area contributed by atoms with Gasteiger partial charge in [0.25, 0.3) is 0 Å². The molecule has 1 rings (SSSR count). The standard InChI is InChI=1S/C7H4BNO4/c8-5-3(6(10)11)1-2-4(9-5)7(12)13/h1-2H,(H,10,11)(H,12,13). The minimum absolute atomic E-state index is 0.204. The van der Waals surface area contributed by atoms with Crippen LogP contribution in [0.3, 0.4) is 0 Å². The summed E-state index contributed by atoms with van der Waals surface area (Å²) in [5, 5.41) is 17.0. The zero-order chi connectivity index (χ0) is 10.0. The van der Waals surface area contributed by atoms with Gasteiger partial charge >= 0.3 is 11.9 Å². The summed E-state index contributed by atoms with van der Waals surface area (Å²) in [4.78, 5) is 24.2. The zero-order valence-corrected chi connectivity index (χ0v) is 6.39. The first-order valence-electron chi connectivity index (χ1n) is 3.25. The highest BCUT2D eigenvalue weighted by Crippen LogP contribution is 1.97. The maximum Gasteiger partial charge on any atom is 0.354 e. The maximum atomic E-state index is 10.4. The van der Waals surface area contributed by atoms with Crippen molar-refractivity contribution in [1.29, 1.82) is 0 Å². The Morgan fingerprint density at radius 1 is 1.23 bits per heavy atom. The first-order valence-corrected chi connectivity index (χ1v) is 3.25. The van der Waals surface area contributed by atoms with Crippen LogP contribution in [0.25, 0.3) is 0 Å². The summed E-state index contributed by atoms with van der Waals surface area (Å²) in [7, 11) is 5.20. The van der Waals surface area contributed by atoms with Crippen LogP contribution in [0.4, 0.5) is 0 Å². The zero-order valence-electron chi connectivity index (χ0n) is 6.39. The van der Waals surface area contributed by atoms with Gasteiger partial charge in [0.15, 0.2) is 0 Å². The molecule has 0 fully saturated rings. The van der Waals surface area contributed by atoms with Crippen LogP contribution < -0.4 is 5.59 Å². The van der Waals surface area contributed by atoms with E-state index in [0.717, 1.165) is 12.1 Å². The third-order valence-electron chi connectivity index (χ3n) is 1.37. The summed E-state index contributed by atoms with van der Waals surface area (Å²) >= 11 is 0. The molecule has 13 heavy (non-hydrogen) atoms. The van der Waals surface area contributed by atoms with Gasteiger partial charge in [0.05, 0.1) is 5.56 Å². The largest absolute Gasteiger partial charge is 0.478 e. The van der Waals surface area contributed by atoms with Crippen molar-refractivity contribution < 1.29 is 19.8 Å². The van der Waals surface area contributed by atoms with Gasteiger partial charge in [0.1, 0.15) is 13.5 Å². The Morgan fingerprint density at radius 3 is 2.23 bits per heavy atom. The molecule has 6 heteroatoms. The third-order valence-corrected chi connectivity index (χ3v) is 1.37. The van der Waals surface area contributed by atoms with E-state index in [9.17, 15) is 9.59 Å². The van der Waals surface area contributed by atoms with Crippen molar-refractivity contribution in [3.05, 3.63) is 23.4 Å². The molecule has 0 saturated heterocycles.